The summed E-state index contributed by atoms with van der Waals surface area (Å²) in [6.07, 6.45) is 2.52. The number of alkyl carbamates (subject to hydrolysis) is 1. The average molecular weight is 389 g/mol. The van der Waals surface area contributed by atoms with Crippen molar-refractivity contribution in [3.05, 3.63) is 0 Å². The van der Waals surface area contributed by atoms with Crippen LogP contribution < -0.4 is 20.1 Å². The van der Waals surface area contributed by atoms with E-state index in [0.717, 1.165) is 25.0 Å². The van der Waals surface area contributed by atoms with Crippen LogP contribution >= 0.6 is 23.9 Å². The molecule has 5 atom stereocenters. The number of rotatable bonds is 4. The van der Waals surface area contributed by atoms with Gasteiger partial charge in [0.05, 0.1) is 17.9 Å². The summed E-state index contributed by atoms with van der Waals surface area (Å²) in [5.41, 5.74) is 0. The van der Waals surface area contributed by atoms with E-state index in [9.17, 15) is 14.4 Å². The Morgan fingerprint density at radius 3 is 2.72 bits per heavy atom. The third-order valence-electron chi connectivity index (χ3n) is 4.86. The number of thioether (sulfide) groups is 1. The molecule has 5 unspecified atom stereocenters. The molecular formula is C15H24N4O4S2. The molecule has 1 aliphatic carbocycles. The van der Waals surface area contributed by atoms with Gasteiger partial charge in [-0.25, -0.2) is 14.2 Å². The lowest BCUT2D eigenvalue weighted by atomic mass is 9.82. The minimum absolute atomic E-state index is 0.00508. The van der Waals surface area contributed by atoms with Crippen LogP contribution in [0.3, 0.4) is 0 Å². The Hall–Kier alpha value is -0.970. The maximum atomic E-state index is 12.6. The van der Waals surface area contributed by atoms with Crippen LogP contribution in [0.25, 0.3) is 0 Å². The normalized spacial score (nSPS) is 34.2. The van der Waals surface area contributed by atoms with Gasteiger partial charge in [-0.05, 0) is 38.4 Å². The van der Waals surface area contributed by atoms with Gasteiger partial charge in [0.1, 0.15) is 0 Å². The summed E-state index contributed by atoms with van der Waals surface area (Å²) in [6.45, 7) is 1.89. The lowest BCUT2D eigenvalue weighted by Gasteiger charge is -2.31. The van der Waals surface area contributed by atoms with Crippen molar-refractivity contribution in [1.29, 1.82) is 0 Å². The largest absolute Gasteiger partial charge is 0.450 e. The highest BCUT2D eigenvalue weighted by molar-refractivity contribution is 8.00. The Morgan fingerprint density at radius 1 is 1.12 bits per heavy atom. The molecule has 25 heavy (non-hydrogen) atoms. The summed E-state index contributed by atoms with van der Waals surface area (Å²) >= 11 is 3.06. The molecular weight excluding hydrogens is 364 g/mol. The zero-order valence-electron chi connectivity index (χ0n) is 14.1. The van der Waals surface area contributed by atoms with E-state index in [1.807, 2.05) is 0 Å². The first-order valence-electron chi connectivity index (χ1n) is 8.65. The van der Waals surface area contributed by atoms with Gasteiger partial charge in [-0.15, -0.1) is 11.8 Å². The second kappa shape index (κ2) is 8.61. The van der Waals surface area contributed by atoms with Crippen molar-refractivity contribution in [3.63, 3.8) is 0 Å². The van der Waals surface area contributed by atoms with Crippen molar-refractivity contribution < 1.29 is 19.1 Å². The van der Waals surface area contributed by atoms with Crippen molar-refractivity contribution in [1.82, 2.24) is 20.1 Å². The van der Waals surface area contributed by atoms with Gasteiger partial charge in [0.25, 0.3) is 0 Å². The second-order valence-corrected chi connectivity index (χ2v) is 8.39. The number of hydrogen-bond acceptors (Lipinski definition) is 8. The van der Waals surface area contributed by atoms with Crippen LogP contribution in [0, 0.1) is 11.8 Å². The highest BCUT2D eigenvalue weighted by Gasteiger charge is 2.40. The van der Waals surface area contributed by atoms with E-state index >= 15 is 0 Å². The SMILES string of the molecule is CCOC(=O)NC(=O)C1CCSC1NC(=O)C1CCC2NSNC2C1. The number of imide groups is 1. The minimum Gasteiger partial charge on any atom is -0.450 e. The molecule has 4 N–H and O–H groups in total. The summed E-state index contributed by atoms with van der Waals surface area (Å²) in [4.78, 5) is 36.3. The first-order chi connectivity index (χ1) is 12.1. The lowest BCUT2D eigenvalue weighted by molar-refractivity contribution is -0.128. The average Bonchev–Trinajstić information content (AvgIpc) is 3.22. The molecule has 0 bridgehead atoms. The van der Waals surface area contributed by atoms with Gasteiger partial charge in [0.2, 0.25) is 11.8 Å². The molecule has 0 aromatic heterocycles. The molecule has 3 aliphatic rings. The first kappa shape index (κ1) is 18.8. The Balaban J connectivity index is 1.51. The van der Waals surface area contributed by atoms with Crippen LogP contribution in [0.1, 0.15) is 32.6 Å². The third kappa shape index (κ3) is 4.60. The number of fused-ring (bicyclic) bond motifs is 1. The fourth-order valence-corrected chi connectivity index (χ4v) is 5.73. The van der Waals surface area contributed by atoms with Gasteiger partial charge < -0.3 is 10.1 Å². The number of ether oxygens (including phenoxy) is 1. The number of carbonyl (C=O) groups excluding carboxylic acids is 3. The Kier molecular flexibility index (Phi) is 6.48. The van der Waals surface area contributed by atoms with Crippen LogP contribution in [-0.2, 0) is 14.3 Å². The Morgan fingerprint density at radius 2 is 1.92 bits per heavy atom. The standard InChI is InChI=1S/C15H24N4O4S2/c1-2-23-15(22)17-13(21)9-5-6-24-14(9)16-12(20)8-3-4-10-11(7-8)19-25-18-10/h8-11,14,18-19H,2-7H2,1H3,(H,16,20)(H,17,21,22). The molecule has 2 aliphatic heterocycles. The molecule has 3 amide bonds. The van der Waals surface area contributed by atoms with Gasteiger partial charge in [0, 0.05) is 30.1 Å². The minimum atomic E-state index is -0.731. The van der Waals surface area contributed by atoms with Gasteiger partial charge in [-0.2, -0.15) is 0 Å². The number of nitrogens with one attached hydrogen (secondary N) is 4. The zero-order chi connectivity index (χ0) is 17.8. The summed E-state index contributed by atoms with van der Waals surface area (Å²) in [6, 6.07) is 0.742. The van der Waals surface area contributed by atoms with Crippen molar-refractivity contribution in [2.75, 3.05) is 12.4 Å². The summed E-state index contributed by atoms with van der Waals surface area (Å²) in [5, 5.41) is 4.98. The smallest absolute Gasteiger partial charge is 0.413 e. The molecule has 0 aromatic rings. The topological polar surface area (TPSA) is 109 Å². The highest BCUT2D eigenvalue weighted by Crippen LogP contribution is 2.33. The van der Waals surface area contributed by atoms with Crippen molar-refractivity contribution in [2.24, 2.45) is 11.8 Å². The van der Waals surface area contributed by atoms with Crippen LogP contribution in [0.15, 0.2) is 0 Å². The molecule has 3 fully saturated rings. The van der Waals surface area contributed by atoms with Crippen molar-refractivity contribution in [2.45, 2.75) is 50.1 Å². The van der Waals surface area contributed by atoms with E-state index in [1.54, 1.807) is 18.7 Å². The van der Waals surface area contributed by atoms with Crippen molar-refractivity contribution >= 4 is 41.8 Å². The van der Waals surface area contributed by atoms with E-state index in [4.69, 9.17) is 4.74 Å². The van der Waals surface area contributed by atoms with Crippen LogP contribution in [-0.4, -0.2) is 47.7 Å². The van der Waals surface area contributed by atoms with Crippen molar-refractivity contribution in [3.8, 4) is 0 Å². The third-order valence-corrected chi connectivity index (χ3v) is 6.97. The maximum absolute atomic E-state index is 12.6. The zero-order valence-corrected chi connectivity index (χ0v) is 15.7. The second-order valence-electron chi connectivity index (χ2n) is 6.47. The number of hydrogen-bond donors (Lipinski definition) is 4. The molecule has 2 heterocycles. The van der Waals surface area contributed by atoms with Gasteiger partial charge in [0.15, 0.2) is 0 Å². The Labute approximate surface area is 155 Å². The summed E-state index contributed by atoms with van der Waals surface area (Å²) < 4.78 is 11.4. The lowest BCUT2D eigenvalue weighted by Crippen LogP contribution is -2.48. The fraction of sp³-hybridized carbons (Fsp3) is 0.800. The van der Waals surface area contributed by atoms with E-state index in [1.165, 1.54) is 12.1 Å². The van der Waals surface area contributed by atoms with E-state index in [2.05, 4.69) is 20.1 Å². The van der Waals surface area contributed by atoms with E-state index in [0.29, 0.717) is 18.5 Å². The molecule has 10 heteroatoms. The van der Waals surface area contributed by atoms with Crippen LogP contribution in [0.5, 0.6) is 0 Å². The molecule has 140 valence electrons. The van der Waals surface area contributed by atoms with Gasteiger partial charge >= 0.3 is 6.09 Å². The Bertz CT molecular complexity index is 536. The number of carbonyl (C=O) groups is 3. The number of amides is 3. The fourth-order valence-electron chi connectivity index (χ4n) is 3.48. The van der Waals surface area contributed by atoms with Crippen LogP contribution in [0.2, 0.25) is 0 Å². The quantitative estimate of drug-likeness (QED) is 0.523. The first-order valence-corrected chi connectivity index (χ1v) is 10.5. The monoisotopic (exact) mass is 388 g/mol. The van der Waals surface area contributed by atoms with E-state index < -0.39 is 12.0 Å². The van der Waals surface area contributed by atoms with E-state index in [-0.39, 0.29) is 29.7 Å². The molecule has 8 nitrogen and oxygen atoms in total. The highest BCUT2D eigenvalue weighted by atomic mass is 32.2. The predicted molar refractivity (Wildman–Crippen MR) is 96.4 cm³/mol. The van der Waals surface area contributed by atoms with Gasteiger partial charge in [-0.1, -0.05) is 0 Å². The predicted octanol–water partition coefficient (Wildman–Crippen LogP) is 0.748. The molecule has 3 rings (SSSR count). The molecule has 2 saturated heterocycles. The van der Waals surface area contributed by atoms with Gasteiger partial charge in [-0.3, -0.25) is 14.9 Å². The maximum Gasteiger partial charge on any atom is 0.413 e. The summed E-state index contributed by atoms with van der Waals surface area (Å²) in [7, 11) is 0. The molecule has 0 aromatic carbocycles. The molecule has 0 radical (unpaired) electrons. The summed E-state index contributed by atoms with van der Waals surface area (Å²) in [5.74, 6) is -0.0367. The molecule has 1 saturated carbocycles. The molecule has 0 spiro atoms. The van der Waals surface area contributed by atoms with Crippen LogP contribution in [0.4, 0.5) is 4.79 Å².